The molecule has 2 aromatic rings. The Morgan fingerprint density at radius 1 is 1.12 bits per heavy atom. The van der Waals surface area contributed by atoms with Gasteiger partial charge in [0.2, 0.25) is 0 Å². The number of amides is 1. The maximum atomic E-state index is 13.1. The normalized spacial score (nSPS) is 22.1. The molecule has 2 heterocycles. The number of hydrogen-bond acceptors (Lipinski definition) is 3. The van der Waals surface area contributed by atoms with Crippen LogP contribution in [0.15, 0.2) is 42.5 Å². The molecule has 2 fully saturated rings. The second-order valence-corrected chi connectivity index (χ2v) is 7.02. The van der Waals surface area contributed by atoms with Crippen molar-refractivity contribution in [1.82, 2.24) is 10.2 Å². The fourth-order valence-corrected chi connectivity index (χ4v) is 3.75. The number of carbonyl (C=O) groups excluding carboxylic acids is 1. The van der Waals surface area contributed by atoms with E-state index < -0.39 is 0 Å². The number of fused-ring (bicyclic) bond motifs is 1. The van der Waals surface area contributed by atoms with E-state index in [0.717, 1.165) is 26.2 Å². The van der Waals surface area contributed by atoms with Gasteiger partial charge in [-0.2, -0.15) is 0 Å². The molecule has 130 valence electrons. The number of nitrogens with one attached hydrogen (secondary N) is 1. The molecule has 6 heteroatoms. The molecule has 0 unspecified atom stereocenters. The number of nitrogens with zero attached hydrogens (tertiary/aromatic N) is 1. The van der Waals surface area contributed by atoms with E-state index in [1.807, 2.05) is 4.90 Å². The van der Waals surface area contributed by atoms with Crippen molar-refractivity contribution in [2.24, 2.45) is 11.8 Å². The predicted octanol–water partition coefficient (Wildman–Crippen LogP) is 3.56. The minimum atomic E-state index is -0.336. The molecule has 1 N–H and O–H groups in total. The van der Waals surface area contributed by atoms with Crippen molar-refractivity contribution >= 4 is 17.5 Å². The standard InChI is InChI=1S/C19H18ClFN2O2/c20-14-1-6-18(25-16-4-2-15(21)3-5-16)17(7-14)19(24)23-10-12-8-22-9-13(12)11-23/h1-7,12-13,22H,8-11H2/t12-,13+. The highest BCUT2D eigenvalue weighted by Gasteiger charge is 2.38. The second kappa shape index (κ2) is 6.65. The van der Waals surface area contributed by atoms with E-state index in [4.69, 9.17) is 16.3 Å². The van der Waals surface area contributed by atoms with Gasteiger partial charge in [-0.15, -0.1) is 0 Å². The lowest BCUT2D eigenvalue weighted by atomic mass is 10.0. The first-order valence-corrected chi connectivity index (χ1v) is 8.71. The summed E-state index contributed by atoms with van der Waals surface area (Å²) >= 11 is 6.10. The Morgan fingerprint density at radius 3 is 2.48 bits per heavy atom. The molecule has 2 aliphatic heterocycles. The molecule has 0 radical (unpaired) electrons. The van der Waals surface area contributed by atoms with Crippen LogP contribution in [0.2, 0.25) is 5.02 Å². The van der Waals surface area contributed by atoms with Crippen LogP contribution < -0.4 is 10.1 Å². The number of carbonyl (C=O) groups is 1. The minimum Gasteiger partial charge on any atom is -0.457 e. The summed E-state index contributed by atoms with van der Waals surface area (Å²) in [5.41, 5.74) is 0.435. The van der Waals surface area contributed by atoms with Gasteiger partial charge < -0.3 is 15.0 Å². The number of hydrogen-bond donors (Lipinski definition) is 1. The van der Waals surface area contributed by atoms with Crippen molar-refractivity contribution in [3.05, 3.63) is 58.9 Å². The van der Waals surface area contributed by atoms with Crippen LogP contribution in [0, 0.1) is 17.7 Å². The van der Waals surface area contributed by atoms with Gasteiger partial charge in [-0.3, -0.25) is 4.79 Å². The molecule has 0 saturated carbocycles. The van der Waals surface area contributed by atoms with Gasteiger partial charge in [0.1, 0.15) is 17.3 Å². The van der Waals surface area contributed by atoms with Crippen LogP contribution in [-0.4, -0.2) is 37.0 Å². The number of benzene rings is 2. The van der Waals surface area contributed by atoms with E-state index in [-0.39, 0.29) is 11.7 Å². The molecular formula is C19H18ClFN2O2. The SMILES string of the molecule is O=C(c1cc(Cl)ccc1Oc1ccc(F)cc1)N1C[C@H]2CNC[C@H]2C1. The summed E-state index contributed by atoms with van der Waals surface area (Å²) in [6, 6.07) is 10.7. The Balaban J connectivity index is 1.59. The monoisotopic (exact) mass is 360 g/mol. The third-order valence-corrected chi connectivity index (χ3v) is 5.13. The van der Waals surface area contributed by atoms with Gasteiger partial charge in [0.25, 0.3) is 5.91 Å². The molecule has 2 aliphatic rings. The van der Waals surface area contributed by atoms with Gasteiger partial charge in [-0.1, -0.05) is 11.6 Å². The Bertz CT molecular complexity index is 785. The quantitative estimate of drug-likeness (QED) is 0.910. The van der Waals surface area contributed by atoms with Crippen molar-refractivity contribution in [3.8, 4) is 11.5 Å². The summed E-state index contributed by atoms with van der Waals surface area (Å²) in [4.78, 5) is 14.9. The van der Waals surface area contributed by atoms with Crippen molar-refractivity contribution in [2.45, 2.75) is 0 Å². The molecule has 1 amide bonds. The highest BCUT2D eigenvalue weighted by molar-refractivity contribution is 6.31. The molecule has 2 aromatic carbocycles. The average Bonchev–Trinajstić information content (AvgIpc) is 3.19. The Morgan fingerprint density at radius 2 is 1.80 bits per heavy atom. The highest BCUT2D eigenvalue weighted by Crippen LogP contribution is 2.32. The lowest BCUT2D eigenvalue weighted by molar-refractivity contribution is 0.0779. The zero-order chi connectivity index (χ0) is 17.4. The van der Waals surface area contributed by atoms with E-state index in [1.165, 1.54) is 24.3 Å². The summed E-state index contributed by atoms with van der Waals surface area (Å²) in [6.45, 7) is 3.42. The summed E-state index contributed by atoms with van der Waals surface area (Å²) in [5.74, 6) is 1.52. The third-order valence-electron chi connectivity index (χ3n) is 4.89. The number of rotatable bonds is 3. The van der Waals surface area contributed by atoms with Crippen LogP contribution >= 0.6 is 11.6 Å². The van der Waals surface area contributed by atoms with Gasteiger partial charge in [0, 0.05) is 31.2 Å². The van der Waals surface area contributed by atoms with E-state index >= 15 is 0 Å². The smallest absolute Gasteiger partial charge is 0.257 e. The minimum absolute atomic E-state index is 0.0750. The molecule has 0 spiro atoms. The number of halogens is 2. The summed E-state index contributed by atoms with van der Waals surface area (Å²) < 4.78 is 18.9. The molecule has 4 rings (SSSR count). The highest BCUT2D eigenvalue weighted by atomic mass is 35.5. The number of ether oxygens (including phenoxy) is 1. The lowest BCUT2D eigenvalue weighted by Gasteiger charge is -2.19. The summed E-state index contributed by atoms with van der Waals surface area (Å²) in [7, 11) is 0. The van der Waals surface area contributed by atoms with E-state index in [0.29, 0.717) is 33.9 Å². The topological polar surface area (TPSA) is 41.6 Å². The first kappa shape index (κ1) is 16.4. The van der Waals surface area contributed by atoms with Crippen molar-refractivity contribution in [3.63, 3.8) is 0 Å². The summed E-state index contributed by atoms with van der Waals surface area (Å²) in [5, 5.41) is 3.85. The third kappa shape index (κ3) is 3.34. The van der Waals surface area contributed by atoms with Crippen LogP contribution in [0.25, 0.3) is 0 Å². The first-order valence-electron chi connectivity index (χ1n) is 8.33. The Kier molecular flexibility index (Phi) is 4.36. The molecule has 0 aliphatic carbocycles. The molecule has 2 saturated heterocycles. The van der Waals surface area contributed by atoms with Gasteiger partial charge in [-0.25, -0.2) is 4.39 Å². The van der Waals surface area contributed by atoms with Crippen molar-refractivity contribution < 1.29 is 13.9 Å². The lowest BCUT2D eigenvalue weighted by Crippen LogP contribution is -2.32. The van der Waals surface area contributed by atoms with Crippen LogP contribution in [0.1, 0.15) is 10.4 Å². The van der Waals surface area contributed by atoms with Crippen molar-refractivity contribution in [1.29, 1.82) is 0 Å². The molecule has 2 atom stereocenters. The molecular weight excluding hydrogens is 343 g/mol. The zero-order valence-corrected chi connectivity index (χ0v) is 14.3. The fraction of sp³-hybridized carbons (Fsp3) is 0.316. The first-order chi connectivity index (χ1) is 12.1. The maximum Gasteiger partial charge on any atom is 0.257 e. The largest absolute Gasteiger partial charge is 0.457 e. The van der Waals surface area contributed by atoms with Crippen molar-refractivity contribution in [2.75, 3.05) is 26.2 Å². The predicted molar refractivity (Wildman–Crippen MR) is 93.7 cm³/mol. The zero-order valence-electron chi connectivity index (χ0n) is 13.5. The van der Waals surface area contributed by atoms with Crippen LogP contribution in [0.4, 0.5) is 4.39 Å². The van der Waals surface area contributed by atoms with Gasteiger partial charge >= 0.3 is 0 Å². The van der Waals surface area contributed by atoms with E-state index in [2.05, 4.69) is 5.32 Å². The van der Waals surface area contributed by atoms with E-state index in [1.54, 1.807) is 18.2 Å². The van der Waals surface area contributed by atoms with Gasteiger partial charge in [-0.05, 0) is 54.3 Å². The second-order valence-electron chi connectivity index (χ2n) is 6.59. The molecule has 4 nitrogen and oxygen atoms in total. The number of likely N-dealkylation sites (tertiary alicyclic amines) is 1. The molecule has 25 heavy (non-hydrogen) atoms. The average molecular weight is 361 g/mol. The van der Waals surface area contributed by atoms with Gasteiger partial charge in [0.15, 0.2) is 0 Å². The fourth-order valence-electron chi connectivity index (χ4n) is 3.58. The maximum absolute atomic E-state index is 13.1. The molecule has 0 bridgehead atoms. The Hall–Kier alpha value is -2.11. The van der Waals surface area contributed by atoms with E-state index in [9.17, 15) is 9.18 Å². The summed E-state index contributed by atoms with van der Waals surface area (Å²) in [6.07, 6.45) is 0. The van der Waals surface area contributed by atoms with Crippen LogP contribution in [-0.2, 0) is 0 Å². The molecule has 0 aromatic heterocycles. The Labute approximate surface area is 150 Å². The van der Waals surface area contributed by atoms with Crippen LogP contribution in [0.3, 0.4) is 0 Å². The van der Waals surface area contributed by atoms with Gasteiger partial charge in [0.05, 0.1) is 5.56 Å². The van der Waals surface area contributed by atoms with Crippen LogP contribution in [0.5, 0.6) is 11.5 Å².